The van der Waals surface area contributed by atoms with Crippen LogP contribution in [-0.2, 0) is 6.42 Å². The summed E-state index contributed by atoms with van der Waals surface area (Å²) in [6, 6.07) is 13.1. The Hall–Kier alpha value is -2.36. The van der Waals surface area contributed by atoms with Crippen LogP contribution in [-0.4, -0.2) is 20.1 Å². The maximum absolute atomic E-state index is 10.0. The van der Waals surface area contributed by atoms with Crippen molar-refractivity contribution in [1.29, 1.82) is 0 Å². The molecule has 0 aliphatic rings. The van der Waals surface area contributed by atoms with Gasteiger partial charge in [0.25, 0.3) is 0 Å². The quantitative estimate of drug-likeness (QED) is 0.748. The van der Waals surface area contributed by atoms with E-state index in [1.54, 1.807) is 6.07 Å². The van der Waals surface area contributed by atoms with Crippen LogP contribution in [0.1, 0.15) is 12.5 Å². The molecule has 4 heteroatoms. The van der Waals surface area contributed by atoms with Gasteiger partial charge < -0.3 is 5.11 Å². The highest BCUT2D eigenvalue weighted by molar-refractivity contribution is 5.73. The summed E-state index contributed by atoms with van der Waals surface area (Å²) in [6.45, 7) is 2.04. The number of aryl methyl sites for hydroxylation is 1. The standard InChI is InChI=1S/C14H13N3O/c1-2-10-6-5-9-13(18)14(10)17-15-11-7-3-4-8-12(11)16-17/h3-9,18H,2H2,1H3. The molecule has 1 N–H and O–H groups in total. The highest BCUT2D eigenvalue weighted by Crippen LogP contribution is 2.25. The second-order valence-electron chi connectivity index (χ2n) is 4.12. The highest BCUT2D eigenvalue weighted by atomic mass is 16.3. The fraction of sp³-hybridized carbons (Fsp3) is 0.143. The Balaban J connectivity index is 2.25. The van der Waals surface area contributed by atoms with Gasteiger partial charge in [0.15, 0.2) is 0 Å². The summed E-state index contributed by atoms with van der Waals surface area (Å²) in [7, 11) is 0. The van der Waals surface area contributed by atoms with Crippen molar-refractivity contribution in [3.8, 4) is 11.4 Å². The van der Waals surface area contributed by atoms with Crippen molar-refractivity contribution < 1.29 is 5.11 Å². The molecule has 18 heavy (non-hydrogen) atoms. The molecule has 4 nitrogen and oxygen atoms in total. The predicted molar refractivity (Wildman–Crippen MR) is 69.9 cm³/mol. The number of aromatic nitrogens is 3. The van der Waals surface area contributed by atoms with E-state index in [9.17, 15) is 5.11 Å². The molecule has 0 spiro atoms. The number of phenolic OH excluding ortho intramolecular Hbond substituents is 1. The Kier molecular flexibility index (Phi) is 2.48. The number of rotatable bonds is 2. The monoisotopic (exact) mass is 239 g/mol. The van der Waals surface area contributed by atoms with Crippen LogP contribution in [0.25, 0.3) is 16.7 Å². The van der Waals surface area contributed by atoms with E-state index in [1.807, 2.05) is 43.3 Å². The van der Waals surface area contributed by atoms with Gasteiger partial charge in [-0.05, 0) is 30.2 Å². The van der Waals surface area contributed by atoms with Gasteiger partial charge in [-0.3, -0.25) is 0 Å². The molecule has 0 fully saturated rings. The summed E-state index contributed by atoms with van der Waals surface area (Å²) in [5, 5.41) is 18.8. The lowest BCUT2D eigenvalue weighted by atomic mass is 10.1. The first-order chi connectivity index (χ1) is 8.79. The van der Waals surface area contributed by atoms with E-state index in [-0.39, 0.29) is 5.75 Å². The van der Waals surface area contributed by atoms with Gasteiger partial charge in [-0.1, -0.05) is 31.2 Å². The first kappa shape index (κ1) is 10.8. The van der Waals surface area contributed by atoms with Crippen LogP contribution in [0.3, 0.4) is 0 Å². The van der Waals surface area contributed by atoms with Crippen LogP contribution in [0, 0.1) is 0 Å². The topological polar surface area (TPSA) is 50.9 Å². The van der Waals surface area contributed by atoms with Crippen molar-refractivity contribution in [1.82, 2.24) is 15.0 Å². The minimum absolute atomic E-state index is 0.203. The van der Waals surface area contributed by atoms with Gasteiger partial charge in [0.05, 0.1) is 0 Å². The normalized spacial score (nSPS) is 10.9. The number of aromatic hydroxyl groups is 1. The van der Waals surface area contributed by atoms with Gasteiger partial charge in [-0.2, -0.15) is 0 Å². The van der Waals surface area contributed by atoms with Crippen molar-refractivity contribution in [2.24, 2.45) is 0 Å². The lowest BCUT2D eigenvalue weighted by molar-refractivity contribution is 0.466. The van der Waals surface area contributed by atoms with Crippen molar-refractivity contribution in [3.05, 3.63) is 48.0 Å². The molecule has 0 saturated heterocycles. The fourth-order valence-corrected chi connectivity index (χ4v) is 2.05. The number of phenols is 1. The third kappa shape index (κ3) is 1.62. The molecule has 1 aromatic heterocycles. The van der Waals surface area contributed by atoms with Crippen LogP contribution in [0.5, 0.6) is 5.75 Å². The van der Waals surface area contributed by atoms with Crippen molar-refractivity contribution in [3.63, 3.8) is 0 Å². The van der Waals surface area contributed by atoms with Gasteiger partial charge >= 0.3 is 0 Å². The molecule has 0 unspecified atom stereocenters. The summed E-state index contributed by atoms with van der Waals surface area (Å²) in [6.07, 6.45) is 0.821. The zero-order chi connectivity index (χ0) is 12.5. The number of fused-ring (bicyclic) bond motifs is 1. The second-order valence-corrected chi connectivity index (χ2v) is 4.12. The number of nitrogens with zero attached hydrogens (tertiary/aromatic N) is 3. The highest BCUT2D eigenvalue weighted by Gasteiger charge is 2.12. The molecule has 0 radical (unpaired) electrons. The Morgan fingerprint density at radius 1 is 1.00 bits per heavy atom. The molecule has 2 aromatic carbocycles. The SMILES string of the molecule is CCc1cccc(O)c1-n1nc2ccccc2n1. The first-order valence-electron chi connectivity index (χ1n) is 5.93. The second kappa shape index (κ2) is 4.14. The first-order valence-corrected chi connectivity index (χ1v) is 5.93. The average molecular weight is 239 g/mol. The zero-order valence-electron chi connectivity index (χ0n) is 10.0. The lowest BCUT2D eigenvalue weighted by Gasteiger charge is -2.07. The largest absolute Gasteiger partial charge is 0.506 e. The third-order valence-electron chi connectivity index (χ3n) is 2.97. The number of benzene rings is 2. The van der Waals surface area contributed by atoms with Crippen LogP contribution in [0.15, 0.2) is 42.5 Å². The zero-order valence-corrected chi connectivity index (χ0v) is 10.0. The Bertz CT molecular complexity index is 670. The number of hydrogen-bond donors (Lipinski definition) is 1. The Labute approximate surface area is 104 Å². The molecule has 0 atom stereocenters. The van der Waals surface area contributed by atoms with E-state index in [0.717, 1.165) is 23.0 Å². The minimum atomic E-state index is 0.203. The molecule has 0 aliphatic heterocycles. The predicted octanol–water partition coefficient (Wildman–Crippen LogP) is 2.69. The van der Waals surface area contributed by atoms with Gasteiger partial charge in [-0.15, -0.1) is 15.0 Å². The molecule has 0 amide bonds. The molecular weight excluding hydrogens is 226 g/mol. The maximum atomic E-state index is 10.0. The van der Waals surface area contributed by atoms with E-state index >= 15 is 0 Å². The van der Waals surface area contributed by atoms with Gasteiger partial charge in [0.1, 0.15) is 22.5 Å². The van der Waals surface area contributed by atoms with Crippen LogP contribution >= 0.6 is 0 Å². The van der Waals surface area contributed by atoms with E-state index in [1.165, 1.54) is 4.80 Å². The number of para-hydroxylation sites is 1. The van der Waals surface area contributed by atoms with E-state index < -0.39 is 0 Å². The van der Waals surface area contributed by atoms with Crippen molar-refractivity contribution in [2.45, 2.75) is 13.3 Å². The molecule has 3 rings (SSSR count). The van der Waals surface area contributed by atoms with Crippen LogP contribution < -0.4 is 0 Å². The summed E-state index contributed by atoms with van der Waals surface area (Å²) >= 11 is 0. The van der Waals surface area contributed by atoms with Crippen molar-refractivity contribution >= 4 is 11.0 Å². The fourth-order valence-electron chi connectivity index (χ4n) is 2.05. The molecule has 0 saturated carbocycles. The van der Waals surface area contributed by atoms with E-state index in [4.69, 9.17) is 0 Å². The smallest absolute Gasteiger partial charge is 0.143 e. The maximum Gasteiger partial charge on any atom is 0.143 e. The Morgan fingerprint density at radius 2 is 1.67 bits per heavy atom. The number of hydrogen-bond acceptors (Lipinski definition) is 3. The molecular formula is C14H13N3O. The van der Waals surface area contributed by atoms with Crippen LogP contribution in [0.2, 0.25) is 0 Å². The summed E-state index contributed by atoms with van der Waals surface area (Å²) in [5.74, 6) is 0.203. The van der Waals surface area contributed by atoms with E-state index in [2.05, 4.69) is 10.2 Å². The minimum Gasteiger partial charge on any atom is -0.506 e. The van der Waals surface area contributed by atoms with E-state index in [0.29, 0.717) is 5.69 Å². The Morgan fingerprint density at radius 3 is 2.28 bits per heavy atom. The molecule has 1 heterocycles. The molecule has 3 aromatic rings. The molecule has 90 valence electrons. The summed E-state index contributed by atoms with van der Waals surface area (Å²) in [4.78, 5) is 1.51. The van der Waals surface area contributed by atoms with Gasteiger partial charge in [0.2, 0.25) is 0 Å². The third-order valence-corrected chi connectivity index (χ3v) is 2.97. The molecule has 0 aliphatic carbocycles. The van der Waals surface area contributed by atoms with Gasteiger partial charge in [-0.25, -0.2) is 0 Å². The summed E-state index contributed by atoms with van der Waals surface area (Å²) in [5.41, 5.74) is 3.33. The van der Waals surface area contributed by atoms with Crippen molar-refractivity contribution in [2.75, 3.05) is 0 Å². The van der Waals surface area contributed by atoms with Crippen LogP contribution in [0.4, 0.5) is 0 Å². The van der Waals surface area contributed by atoms with Gasteiger partial charge in [0, 0.05) is 0 Å². The lowest BCUT2D eigenvalue weighted by Crippen LogP contribution is -2.03. The summed E-state index contributed by atoms with van der Waals surface area (Å²) < 4.78 is 0. The average Bonchev–Trinajstić information content (AvgIpc) is 2.81. The molecule has 0 bridgehead atoms.